The number of nitrogens with zero attached hydrogens (tertiary/aromatic N) is 2. The summed E-state index contributed by atoms with van der Waals surface area (Å²) in [6.45, 7) is 2.10. The van der Waals surface area contributed by atoms with E-state index in [2.05, 4.69) is 10.3 Å². The molecule has 3 rings (SSSR count). The summed E-state index contributed by atoms with van der Waals surface area (Å²) in [4.78, 5) is 27.8. The third-order valence-electron chi connectivity index (χ3n) is 3.59. The predicted octanol–water partition coefficient (Wildman–Crippen LogP) is 4.27. The Bertz CT molecular complexity index is 965. The summed E-state index contributed by atoms with van der Waals surface area (Å²) in [5.74, 6) is 0.816. The van der Waals surface area contributed by atoms with Gasteiger partial charge in [-0.15, -0.1) is 23.1 Å². The van der Waals surface area contributed by atoms with Gasteiger partial charge in [-0.3, -0.25) is 14.9 Å². The number of aryl methyl sites for hydroxylation is 1. The molecule has 0 aliphatic carbocycles. The number of nitro benzene ring substituents is 1. The van der Waals surface area contributed by atoms with Gasteiger partial charge in [0, 0.05) is 17.0 Å². The fourth-order valence-corrected chi connectivity index (χ4v) is 3.48. The summed E-state index contributed by atoms with van der Waals surface area (Å²) < 4.78 is 5.69. The SMILES string of the molecule is CSc1ccc(C(=O)NCc2ccc(-c3csc(C)n3)o2)cc1[N+](=O)[O-]. The molecule has 0 radical (unpaired) electrons. The van der Waals surface area contributed by atoms with E-state index in [9.17, 15) is 14.9 Å². The quantitative estimate of drug-likeness (QED) is 0.384. The summed E-state index contributed by atoms with van der Waals surface area (Å²) in [5.41, 5.74) is 0.911. The minimum Gasteiger partial charge on any atom is -0.458 e. The van der Waals surface area contributed by atoms with Crippen molar-refractivity contribution in [1.82, 2.24) is 10.3 Å². The predicted molar refractivity (Wildman–Crippen MR) is 101 cm³/mol. The Balaban J connectivity index is 1.68. The van der Waals surface area contributed by atoms with Crippen LogP contribution in [0, 0.1) is 17.0 Å². The molecule has 26 heavy (non-hydrogen) atoms. The zero-order chi connectivity index (χ0) is 18.7. The van der Waals surface area contributed by atoms with Crippen molar-refractivity contribution in [2.45, 2.75) is 18.4 Å². The Morgan fingerprint density at radius 3 is 2.85 bits per heavy atom. The van der Waals surface area contributed by atoms with Crippen LogP contribution in [0.2, 0.25) is 0 Å². The van der Waals surface area contributed by atoms with Crippen molar-refractivity contribution < 1.29 is 14.1 Å². The van der Waals surface area contributed by atoms with E-state index < -0.39 is 10.8 Å². The molecule has 0 fully saturated rings. The molecule has 0 bridgehead atoms. The van der Waals surface area contributed by atoms with E-state index in [0.717, 1.165) is 10.7 Å². The van der Waals surface area contributed by atoms with Crippen LogP contribution in [0.15, 0.2) is 45.0 Å². The van der Waals surface area contributed by atoms with Crippen LogP contribution in [-0.2, 0) is 6.54 Å². The van der Waals surface area contributed by atoms with Crippen molar-refractivity contribution in [3.05, 3.63) is 62.2 Å². The van der Waals surface area contributed by atoms with Gasteiger partial charge in [0.15, 0.2) is 5.76 Å². The highest BCUT2D eigenvalue weighted by Gasteiger charge is 2.17. The van der Waals surface area contributed by atoms with E-state index >= 15 is 0 Å². The highest BCUT2D eigenvalue weighted by molar-refractivity contribution is 7.98. The summed E-state index contributed by atoms with van der Waals surface area (Å²) in [7, 11) is 0. The number of thiazole rings is 1. The topological polar surface area (TPSA) is 98.3 Å². The Hall–Kier alpha value is -2.65. The summed E-state index contributed by atoms with van der Waals surface area (Å²) >= 11 is 2.80. The Morgan fingerprint density at radius 1 is 1.38 bits per heavy atom. The van der Waals surface area contributed by atoms with Crippen LogP contribution in [0.3, 0.4) is 0 Å². The highest BCUT2D eigenvalue weighted by atomic mass is 32.2. The van der Waals surface area contributed by atoms with Crippen LogP contribution in [0.4, 0.5) is 5.69 Å². The molecular formula is C17H15N3O4S2. The van der Waals surface area contributed by atoms with Gasteiger partial charge in [-0.2, -0.15) is 0 Å². The average molecular weight is 389 g/mol. The van der Waals surface area contributed by atoms with Gasteiger partial charge < -0.3 is 9.73 Å². The summed E-state index contributed by atoms with van der Waals surface area (Å²) in [6, 6.07) is 8.00. The van der Waals surface area contributed by atoms with Gasteiger partial charge in [0.2, 0.25) is 0 Å². The minimum absolute atomic E-state index is 0.0793. The van der Waals surface area contributed by atoms with Gasteiger partial charge in [0.25, 0.3) is 11.6 Å². The van der Waals surface area contributed by atoms with Crippen molar-refractivity contribution in [3.8, 4) is 11.5 Å². The molecule has 0 aliphatic rings. The number of nitro groups is 1. The fraction of sp³-hybridized carbons (Fsp3) is 0.176. The third-order valence-corrected chi connectivity index (χ3v) is 5.15. The normalized spacial score (nSPS) is 10.7. The van der Waals surface area contributed by atoms with E-state index in [1.54, 1.807) is 30.5 Å². The number of carbonyl (C=O) groups is 1. The Morgan fingerprint density at radius 2 is 2.19 bits per heavy atom. The van der Waals surface area contributed by atoms with Crippen LogP contribution in [0.25, 0.3) is 11.5 Å². The lowest BCUT2D eigenvalue weighted by Crippen LogP contribution is -2.22. The molecule has 1 N–H and O–H groups in total. The van der Waals surface area contributed by atoms with Gasteiger partial charge in [-0.25, -0.2) is 4.98 Å². The smallest absolute Gasteiger partial charge is 0.283 e. The molecule has 0 saturated carbocycles. The second-order valence-electron chi connectivity index (χ2n) is 5.34. The molecule has 2 heterocycles. The fourth-order valence-electron chi connectivity index (χ4n) is 2.33. The van der Waals surface area contributed by atoms with Gasteiger partial charge in [0.05, 0.1) is 21.4 Å². The first-order valence-corrected chi connectivity index (χ1v) is 9.70. The monoisotopic (exact) mass is 389 g/mol. The van der Waals surface area contributed by atoms with Crippen molar-refractivity contribution >= 4 is 34.7 Å². The standard InChI is InChI=1S/C17H15N3O4S2/c1-10-19-13(9-26-10)15-5-4-12(24-15)8-18-17(21)11-3-6-16(25-2)14(7-11)20(22)23/h3-7,9H,8H2,1-2H3,(H,18,21). The molecule has 0 aliphatic heterocycles. The van der Waals surface area contributed by atoms with E-state index in [1.165, 1.54) is 29.2 Å². The molecule has 3 aromatic rings. The van der Waals surface area contributed by atoms with Gasteiger partial charge in [-0.1, -0.05) is 0 Å². The Labute approximate surface area is 157 Å². The molecule has 9 heteroatoms. The number of nitrogens with one attached hydrogen (secondary N) is 1. The van der Waals surface area contributed by atoms with Crippen molar-refractivity contribution in [1.29, 1.82) is 0 Å². The van der Waals surface area contributed by atoms with Crippen molar-refractivity contribution in [2.24, 2.45) is 0 Å². The zero-order valence-electron chi connectivity index (χ0n) is 14.0. The number of aromatic nitrogens is 1. The lowest BCUT2D eigenvalue weighted by Gasteiger charge is -2.05. The number of carbonyl (C=O) groups excluding carboxylic acids is 1. The molecule has 1 amide bonds. The van der Waals surface area contributed by atoms with E-state index in [4.69, 9.17) is 4.42 Å². The summed E-state index contributed by atoms with van der Waals surface area (Å²) in [5, 5.41) is 16.7. The number of hydrogen-bond donors (Lipinski definition) is 1. The molecule has 134 valence electrons. The van der Waals surface area contributed by atoms with Crippen LogP contribution in [-0.4, -0.2) is 22.1 Å². The number of thioether (sulfide) groups is 1. The molecule has 2 aromatic heterocycles. The maximum absolute atomic E-state index is 12.3. The molecule has 0 atom stereocenters. The molecule has 7 nitrogen and oxygen atoms in total. The van der Waals surface area contributed by atoms with E-state index in [1.807, 2.05) is 12.3 Å². The van der Waals surface area contributed by atoms with Crippen molar-refractivity contribution in [2.75, 3.05) is 6.26 Å². The maximum Gasteiger partial charge on any atom is 0.283 e. The third kappa shape index (κ3) is 3.94. The number of amides is 1. The largest absolute Gasteiger partial charge is 0.458 e. The first-order chi connectivity index (χ1) is 12.5. The van der Waals surface area contributed by atoms with Gasteiger partial charge >= 0.3 is 0 Å². The second kappa shape index (κ2) is 7.71. The van der Waals surface area contributed by atoms with Crippen LogP contribution in [0.5, 0.6) is 0 Å². The number of rotatable bonds is 6. The number of hydrogen-bond acceptors (Lipinski definition) is 7. The molecule has 0 unspecified atom stereocenters. The second-order valence-corrected chi connectivity index (χ2v) is 7.25. The maximum atomic E-state index is 12.3. The van der Waals surface area contributed by atoms with Gasteiger partial charge in [0.1, 0.15) is 11.5 Å². The van der Waals surface area contributed by atoms with Crippen LogP contribution in [0.1, 0.15) is 21.1 Å². The van der Waals surface area contributed by atoms with Crippen molar-refractivity contribution in [3.63, 3.8) is 0 Å². The summed E-state index contributed by atoms with van der Waals surface area (Å²) in [6.07, 6.45) is 1.75. The van der Waals surface area contributed by atoms with E-state index in [0.29, 0.717) is 16.4 Å². The van der Waals surface area contributed by atoms with Crippen LogP contribution >= 0.6 is 23.1 Å². The molecular weight excluding hydrogens is 374 g/mol. The molecule has 0 spiro atoms. The first-order valence-electron chi connectivity index (χ1n) is 7.60. The molecule has 1 aromatic carbocycles. The number of furan rings is 1. The first kappa shape index (κ1) is 18.2. The highest BCUT2D eigenvalue weighted by Crippen LogP contribution is 2.28. The molecule has 0 saturated heterocycles. The number of benzene rings is 1. The zero-order valence-corrected chi connectivity index (χ0v) is 15.6. The average Bonchev–Trinajstić information content (AvgIpc) is 3.27. The van der Waals surface area contributed by atoms with E-state index in [-0.39, 0.29) is 17.8 Å². The Kier molecular flexibility index (Phi) is 5.38. The van der Waals surface area contributed by atoms with Crippen LogP contribution < -0.4 is 5.32 Å². The van der Waals surface area contributed by atoms with Gasteiger partial charge in [-0.05, 0) is 37.4 Å². The minimum atomic E-state index is -0.489. The lowest BCUT2D eigenvalue weighted by molar-refractivity contribution is -0.387. The lowest BCUT2D eigenvalue weighted by atomic mass is 10.2.